The highest BCUT2D eigenvalue weighted by molar-refractivity contribution is 5.79. The predicted octanol–water partition coefficient (Wildman–Crippen LogP) is 1.12. The molecule has 3 heterocycles. The van der Waals surface area contributed by atoms with Crippen molar-refractivity contribution in [3.63, 3.8) is 0 Å². The summed E-state index contributed by atoms with van der Waals surface area (Å²) in [5.41, 5.74) is 1.17. The first-order valence-electron chi connectivity index (χ1n) is 8.01. The average Bonchev–Trinajstić information content (AvgIpc) is 3.05. The Balaban J connectivity index is 1.67. The van der Waals surface area contributed by atoms with Crippen LogP contribution in [0.1, 0.15) is 24.4 Å². The first-order valence-corrected chi connectivity index (χ1v) is 8.01. The number of nitrogens with zero attached hydrogens (tertiary/aromatic N) is 3. The summed E-state index contributed by atoms with van der Waals surface area (Å²) in [6.45, 7) is 4.51. The van der Waals surface area contributed by atoms with Gasteiger partial charge < -0.3 is 15.0 Å². The van der Waals surface area contributed by atoms with Gasteiger partial charge in [-0.05, 0) is 30.5 Å². The van der Waals surface area contributed by atoms with Gasteiger partial charge in [-0.25, -0.2) is 4.98 Å². The lowest BCUT2D eigenvalue weighted by atomic mass is 10.1. The number of amides is 1. The van der Waals surface area contributed by atoms with Gasteiger partial charge >= 0.3 is 0 Å². The van der Waals surface area contributed by atoms with E-state index in [2.05, 4.69) is 15.2 Å². The van der Waals surface area contributed by atoms with Crippen LogP contribution in [0, 0.1) is 0 Å². The molecule has 1 aromatic rings. The fraction of sp³-hybridized carbons (Fsp3) is 0.625. The van der Waals surface area contributed by atoms with Crippen LogP contribution in [0.5, 0.6) is 0 Å². The van der Waals surface area contributed by atoms with E-state index >= 15 is 0 Å². The van der Waals surface area contributed by atoms with E-state index in [1.165, 1.54) is 5.56 Å². The molecule has 2 fully saturated rings. The van der Waals surface area contributed by atoms with E-state index in [1.807, 2.05) is 30.3 Å². The highest BCUT2D eigenvalue weighted by Crippen LogP contribution is 2.32. The molecular formula is C16H24N4O2. The number of pyridine rings is 1. The lowest BCUT2D eigenvalue weighted by Gasteiger charge is -2.30. The third-order valence-corrected chi connectivity index (χ3v) is 4.46. The number of hydrogen-bond acceptors (Lipinski definition) is 5. The van der Waals surface area contributed by atoms with Gasteiger partial charge in [0.2, 0.25) is 5.91 Å². The van der Waals surface area contributed by atoms with Crippen LogP contribution in [0.3, 0.4) is 0 Å². The zero-order valence-corrected chi connectivity index (χ0v) is 13.1. The molecule has 0 bridgehead atoms. The Kier molecular flexibility index (Phi) is 4.90. The maximum absolute atomic E-state index is 12.7. The fourth-order valence-electron chi connectivity index (χ4n) is 3.24. The van der Waals surface area contributed by atoms with Gasteiger partial charge in [-0.3, -0.25) is 9.69 Å². The topological polar surface area (TPSA) is 57.7 Å². The lowest BCUT2D eigenvalue weighted by Crippen LogP contribution is -2.44. The van der Waals surface area contributed by atoms with Gasteiger partial charge in [0.1, 0.15) is 5.82 Å². The van der Waals surface area contributed by atoms with E-state index in [-0.39, 0.29) is 11.9 Å². The number of ether oxygens (including phenoxy) is 1. The average molecular weight is 304 g/mol. The van der Waals surface area contributed by atoms with Crippen LogP contribution in [-0.2, 0) is 9.53 Å². The van der Waals surface area contributed by atoms with Crippen molar-refractivity contribution in [3.8, 4) is 0 Å². The van der Waals surface area contributed by atoms with Crippen molar-refractivity contribution in [1.82, 2.24) is 14.8 Å². The third kappa shape index (κ3) is 3.39. The molecule has 0 aromatic carbocycles. The number of nitrogens with one attached hydrogen (secondary N) is 1. The van der Waals surface area contributed by atoms with E-state index in [9.17, 15) is 4.79 Å². The first kappa shape index (κ1) is 15.2. The van der Waals surface area contributed by atoms with Gasteiger partial charge in [-0.1, -0.05) is 0 Å². The molecule has 0 spiro atoms. The first-order chi connectivity index (χ1) is 10.8. The summed E-state index contributed by atoms with van der Waals surface area (Å²) >= 11 is 0. The number of morpholine rings is 1. The summed E-state index contributed by atoms with van der Waals surface area (Å²) in [7, 11) is 1.86. The molecule has 22 heavy (non-hydrogen) atoms. The molecule has 2 aliphatic rings. The summed E-state index contributed by atoms with van der Waals surface area (Å²) in [4.78, 5) is 21.1. The minimum Gasteiger partial charge on any atom is -0.379 e. The van der Waals surface area contributed by atoms with Crippen molar-refractivity contribution in [3.05, 3.63) is 23.9 Å². The summed E-state index contributed by atoms with van der Waals surface area (Å²) in [6.07, 6.45) is 3.91. The van der Waals surface area contributed by atoms with Crippen molar-refractivity contribution in [1.29, 1.82) is 0 Å². The van der Waals surface area contributed by atoms with Gasteiger partial charge in [-0.2, -0.15) is 0 Å². The Bertz CT molecular complexity index is 517. The molecule has 0 radical (unpaired) electrons. The predicted molar refractivity (Wildman–Crippen MR) is 84.7 cm³/mol. The number of hydrogen-bond donors (Lipinski definition) is 1. The SMILES string of the molecule is CNc1cc([C@H]2CCCN2C(=O)CN2CCOCC2)ccn1. The molecule has 0 unspecified atom stereocenters. The molecule has 1 amide bonds. The van der Waals surface area contributed by atoms with Gasteiger partial charge in [0.05, 0.1) is 25.8 Å². The van der Waals surface area contributed by atoms with Crippen molar-refractivity contribution < 1.29 is 9.53 Å². The highest BCUT2D eigenvalue weighted by atomic mass is 16.5. The standard InChI is InChI=1S/C16H24N4O2/c1-17-15-11-13(4-5-18-15)14-3-2-6-20(14)16(21)12-19-7-9-22-10-8-19/h4-5,11,14H,2-3,6-10,12H2,1H3,(H,17,18)/t14-/m1/s1. The van der Waals surface area contributed by atoms with Crippen LogP contribution < -0.4 is 5.32 Å². The number of anilines is 1. The second-order valence-electron chi connectivity index (χ2n) is 5.86. The highest BCUT2D eigenvalue weighted by Gasteiger charge is 2.31. The third-order valence-electron chi connectivity index (χ3n) is 4.46. The van der Waals surface area contributed by atoms with E-state index < -0.39 is 0 Å². The van der Waals surface area contributed by atoms with Gasteiger partial charge in [-0.15, -0.1) is 0 Å². The summed E-state index contributed by atoms with van der Waals surface area (Å²) < 4.78 is 5.34. The van der Waals surface area contributed by atoms with Crippen molar-refractivity contribution in [2.75, 3.05) is 51.8 Å². The number of aromatic nitrogens is 1. The van der Waals surface area contributed by atoms with Crippen LogP contribution in [0.4, 0.5) is 5.82 Å². The van der Waals surface area contributed by atoms with Gasteiger partial charge in [0.25, 0.3) is 0 Å². The van der Waals surface area contributed by atoms with Gasteiger partial charge in [0.15, 0.2) is 0 Å². The molecule has 2 saturated heterocycles. The fourth-order valence-corrected chi connectivity index (χ4v) is 3.24. The Labute approximate surface area is 131 Å². The summed E-state index contributed by atoms with van der Waals surface area (Å²) in [5.74, 6) is 1.08. The molecule has 2 aliphatic heterocycles. The number of likely N-dealkylation sites (tertiary alicyclic amines) is 1. The monoisotopic (exact) mass is 304 g/mol. The Hall–Kier alpha value is -1.66. The summed E-state index contributed by atoms with van der Waals surface area (Å²) in [5, 5.41) is 3.06. The van der Waals surface area contributed by atoms with Crippen LogP contribution >= 0.6 is 0 Å². The van der Waals surface area contributed by atoms with E-state index in [1.54, 1.807) is 0 Å². The molecule has 6 heteroatoms. The largest absolute Gasteiger partial charge is 0.379 e. The number of carbonyl (C=O) groups is 1. The molecule has 1 N–H and O–H groups in total. The molecule has 0 saturated carbocycles. The molecule has 6 nitrogen and oxygen atoms in total. The zero-order valence-electron chi connectivity index (χ0n) is 13.1. The Morgan fingerprint density at radius 2 is 2.23 bits per heavy atom. The quantitative estimate of drug-likeness (QED) is 0.903. The lowest BCUT2D eigenvalue weighted by molar-refractivity contribution is -0.134. The molecule has 0 aliphatic carbocycles. The van der Waals surface area contributed by atoms with E-state index in [0.29, 0.717) is 6.54 Å². The molecular weight excluding hydrogens is 280 g/mol. The minimum atomic E-state index is 0.184. The molecule has 3 rings (SSSR count). The Morgan fingerprint density at radius 3 is 3.00 bits per heavy atom. The maximum Gasteiger partial charge on any atom is 0.237 e. The van der Waals surface area contributed by atoms with Gasteiger partial charge in [0, 0.05) is 32.9 Å². The van der Waals surface area contributed by atoms with Crippen LogP contribution in [0.25, 0.3) is 0 Å². The zero-order chi connectivity index (χ0) is 15.4. The number of rotatable bonds is 4. The van der Waals surface area contributed by atoms with E-state index in [4.69, 9.17) is 4.74 Å². The second-order valence-corrected chi connectivity index (χ2v) is 5.86. The normalized spacial score (nSPS) is 22.8. The maximum atomic E-state index is 12.7. The van der Waals surface area contributed by atoms with Crippen LogP contribution in [0.2, 0.25) is 0 Å². The molecule has 120 valence electrons. The Morgan fingerprint density at radius 1 is 1.41 bits per heavy atom. The van der Waals surface area contributed by atoms with Crippen molar-refractivity contribution >= 4 is 11.7 Å². The van der Waals surface area contributed by atoms with E-state index in [0.717, 1.165) is 51.5 Å². The summed E-state index contributed by atoms with van der Waals surface area (Å²) in [6, 6.07) is 4.25. The molecule has 1 aromatic heterocycles. The minimum absolute atomic E-state index is 0.184. The second kappa shape index (κ2) is 7.07. The molecule has 1 atom stereocenters. The van der Waals surface area contributed by atoms with Crippen molar-refractivity contribution in [2.24, 2.45) is 0 Å². The number of carbonyl (C=O) groups excluding carboxylic acids is 1. The smallest absolute Gasteiger partial charge is 0.237 e. The van der Waals surface area contributed by atoms with Crippen LogP contribution in [-0.4, -0.2) is 67.1 Å². The van der Waals surface area contributed by atoms with Crippen LogP contribution in [0.15, 0.2) is 18.3 Å². The van der Waals surface area contributed by atoms with Crippen molar-refractivity contribution in [2.45, 2.75) is 18.9 Å².